The largest absolute Gasteiger partial charge is 0.481 e. The van der Waals surface area contributed by atoms with Gasteiger partial charge in [-0.2, -0.15) is 0 Å². The van der Waals surface area contributed by atoms with E-state index in [1.54, 1.807) is 0 Å². The molecule has 6 nitrogen and oxygen atoms in total. The highest BCUT2D eigenvalue weighted by atomic mass is 16.6. The number of carbonyl (C=O) groups is 3. The Balaban J connectivity index is 5.26. The van der Waals surface area contributed by atoms with Crippen LogP contribution < -0.4 is 0 Å². The van der Waals surface area contributed by atoms with E-state index < -0.39 is 35.8 Å². The number of carbonyl (C=O) groups excluding carboxylic acids is 2. The van der Waals surface area contributed by atoms with Gasteiger partial charge in [-0.3, -0.25) is 9.59 Å². The van der Waals surface area contributed by atoms with Crippen LogP contribution in [0.4, 0.5) is 0 Å². The fourth-order valence-corrected chi connectivity index (χ4v) is 7.05. The molecule has 1 unspecified atom stereocenters. The molecule has 0 spiro atoms. The molecule has 0 fully saturated rings. The Kier molecular flexibility index (Phi) is 33.0. The average molecular weight is 681 g/mol. The second kappa shape index (κ2) is 34.0. The van der Waals surface area contributed by atoms with Gasteiger partial charge in [-0.1, -0.05) is 213 Å². The molecule has 0 heterocycles. The lowest BCUT2D eigenvalue weighted by Gasteiger charge is -2.32. The number of ether oxygens (including phenoxy) is 1. The van der Waals surface area contributed by atoms with E-state index in [-0.39, 0.29) is 0 Å². The molecule has 0 saturated carbocycles. The molecule has 0 radical (unpaired) electrons. The summed E-state index contributed by atoms with van der Waals surface area (Å²) >= 11 is 0. The molecule has 0 aliphatic heterocycles. The lowest BCUT2D eigenvalue weighted by molar-refractivity contribution is -0.175. The van der Waals surface area contributed by atoms with Crippen LogP contribution in [0.2, 0.25) is 0 Å². The highest BCUT2D eigenvalue weighted by Gasteiger charge is 2.40. The number of carboxylic acid groups (broad SMARTS) is 1. The molecule has 284 valence electrons. The monoisotopic (exact) mass is 681 g/mol. The van der Waals surface area contributed by atoms with Crippen LogP contribution in [0.3, 0.4) is 0 Å². The lowest BCUT2D eigenvalue weighted by atomic mass is 9.74. The van der Waals surface area contributed by atoms with Crippen molar-refractivity contribution in [2.75, 3.05) is 0 Å². The van der Waals surface area contributed by atoms with Crippen LogP contribution >= 0.6 is 0 Å². The number of esters is 2. The Bertz CT molecular complexity index is 691. The second-order valence-electron chi connectivity index (χ2n) is 14.9. The van der Waals surface area contributed by atoms with E-state index in [0.29, 0.717) is 19.3 Å². The van der Waals surface area contributed by atoms with E-state index in [2.05, 4.69) is 20.8 Å². The SMILES string of the molecule is CCCCCCCCCCCCC(CCCCCCCCCCCC)(CCCCCCCCCCCC)C(=O)OC(=O)C(O)CC(=O)O. The van der Waals surface area contributed by atoms with Crippen LogP contribution in [-0.2, 0) is 19.1 Å². The van der Waals surface area contributed by atoms with E-state index in [1.807, 2.05) is 0 Å². The van der Waals surface area contributed by atoms with Crippen LogP contribution in [0.15, 0.2) is 0 Å². The van der Waals surface area contributed by atoms with Crippen LogP contribution in [0, 0.1) is 5.41 Å². The molecule has 0 aliphatic rings. The Morgan fingerprint density at radius 2 is 0.708 bits per heavy atom. The minimum absolute atomic E-state index is 0.542. The minimum Gasteiger partial charge on any atom is -0.481 e. The summed E-state index contributed by atoms with van der Waals surface area (Å²) in [5, 5.41) is 19.1. The van der Waals surface area contributed by atoms with Gasteiger partial charge in [0.2, 0.25) is 0 Å². The average Bonchev–Trinajstić information content (AvgIpc) is 3.06. The molecule has 0 aromatic rings. The summed E-state index contributed by atoms with van der Waals surface area (Å²) in [6.07, 6.45) is 36.1. The first-order valence-electron chi connectivity index (χ1n) is 21.0. The first-order valence-corrected chi connectivity index (χ1v) is 21.0. The zero-order valence-corrected chi connectivity index (χ0v) is 32.1. The van der Waals surface area contributed by atoms with Crippen molar-refractivity contribution in [1.29, 1.82) is 0 Å². The summed E-state index contributed by atoms with van der Waals surface area (Å²) in [5.41, 5.74) is -0.751. The van der Waals surface area contributed by atoms with Gasteiger partial charge < -0.3 is 14.9 Å². The van der Waals surface area contributed by atoms with Gasteiger partial charge in [0.1, 0.15) is 0 Å². The molecule has 0 aromatic carbocycles. The molecule has 48 heavy (non-hydrogen) atoms. The fraction of sp³-hybridized carbons (Fsp3) is 0.929. The van der Waals surface area contributed by atoms with E-state index in [9.17, 15) is 19.5 Å². The molecule has 0 saturated heterocycles. The molecule has 6 heteroatoms. The van der Waals surface area contributed by atoms with E-state index in [4.69, 9.17) is 9.84 Å². The van der Waals surface area contributed by atoms with Crippen molar-refractivity contribution in [2.45, 2.75) is 245 Å². The van der Waals surface area contributed by atoms with Crippen molar-refractivity contribution >= 4 is 17.9 Å². The number of hydrogen-bond donors (Lipinski definition) is 2. The molecule has 0 aliphatic carbocycles. The summed E-state index contributed by atoms with van der Waals surface area (Å²) < 4.78 is 5.31. The smallest absolute Gasteiger partial charge is 0.343 e. The van der Waals surface area contributed by atoms with Gasteiger partial charge in [0.25, 0.3) is 0 Å². The van der Waals surface area contributed by atoms with Crippen molar-refractivity contribution in [3.05, 3.63) is 0 Å². The normalized spacial score (nSPS) is 12.3. The van der Waals surface area contributed by atoms with Crippen molar-refractivity contribution in [3.8, 4) is 0 Å². The Morgan fingerprint density at radius 1 is 0.458 bits per heavy atom. The third kappa shape index (κ3) is 27.4. The van der Waals surface area contributed by atoms with Gasteiger partial charge in [0.05, 0.1) is 11.8 Å². The van der Waals surface area contributed by atoms with Crippen LogP contribution in [0.25, 0.3) is 0 Å². The number of hydrogen-bond acceptors (Lipinski definition) is 5. The van der Waals surface area contributed by atoms with Crippen molar-refractivity contribution in [3.63, 3.8) is 0 Å². The molecule has 0 aromatic heterocycles. The van der Waals surface area contributed by atoms with Crippen molar-refractivity contribution in [2.24, 2.45) is 5.41 Å². The third-order valence-electron chi connectivity index (χ3n) is 10.3. The maximum atomic E-state index is 13.8. The summed E-state index contributed by atoms with van der Waals surface area (Å²) in [7, 11) is 0. The topological polar surface area (TPSA) is 101 Å². The van der Waals surface area contributed by atoms with Gasteiger partial charge >= 0.3 is 17.9 Å². The van der Waals surface area contributed by atoms with Gasteiger partial charge in [-0.25, -0.2) is 4.79 Å². The molecule has 0 rings (SSSR count). The van der Waals surface area contributed by atoms with Gasteiger partial charge in [0.15, 0.2) is 6.10 Å². The van der Waals surface area contributed by atoms with Crippen LogP contribution in [0.5, 0.6) is 0 Å². The zero-order chi connectivity index (χ0) is 35.6. The van der Waals surface area contributed by atoms with E-state index in [1.165, 1.54) is 135 Å². The standard InChI is InChI=1S/C42H80O6/c1-4-7-10-13-16-19-22-25-28-31-34-42(41(47)48-40(46)38(43)37-39(44)45,35-32-29-26-23-20-17-14-11-8-5-2)36-33-30-27-24-21-18-15-12-9-6-3/h38,43H,4-37H2,1-3H3,(H,44,45). The molecule has 2 N–H and O–H groups in total. The first kappa shape index (κ1) is 46.6. The quantitative estimate of drug-likeness (QED) is 0.0385. The molecule has 0 amide bonds. The summed E-state index contributed by atoms with van der Waals surface area (Å²) in [4.78, 5) is 37.5. The third-order valence-corrected chi connectivity index (χ3v) is 10.3. The molecule has 1 atom stereocenters. The van der Waals surface area contributed by atoms with Gasteiger partial charge in [0, 0.05) is 0 Å². The predicted molar refractivity (Wildman–Crippen MR) is 201 cm³/mol. The Hall–Kier alpha value is -1.43. The molecular formula is C42H80O6. The van der Waals surface area contributed by atoms with E-state index in [0.717, 1.165) is 57.8 Å². The second-order valence-corrected chi connectivity index (χ2v) is 14.9. The van der Waals surface area contributed by atoms with Crippen molar-refractivity contribution < 1.29 is 29.3 Å². The number of aliphatic hydroxyl groups excluding tert-OH is 1. The van der Waals surface area contributed by atoms with E-state index >= 15 is 0 Å². The summed E-state index contributed by atoms with van der Waals surface area (Å²) in [5.74, 6) is -2.96. The number of rotatable bonds is 37. The highest BCUT2D eigenvalue weighted by Crippen LogP contribution is 2.39. The predicted octanol–water partition coefficient (Wildman–Crippen LogP) is 12.8. The zero-order valence-electron chi connectivity index (χ0n) is 32.1. The Morgan fingerprint density at radius 3 is 0.958 bits per heavy atom. The highest BCUT2D eigenvalue weighted by molar-refractivity contribution is 5.92. The Labute approximate surface area is 297 Å². The number of carboxylic acids is 1. The number of aliphatic carboxylic acids is 1. The van der Waals surface area contributed by atoms with Gasteiger partial charge in [-0.15, -0.1) is 0 Å². The van der Waals surface area contributed by atoms with Gasteiger partial charge in [-0.05, 0) is 19.3 Å². The van der Waals surface area contributed by atoms with Crippen molar-refractivity contribution in [1.82, 2.24) is 0 Å². The first-order chi connectivity index (χ1) is 23.3. The summed E-state index contributed by atoms with van der Waals surface area (Å²) in [6, 6.07) is 0. The molecular weight excluding hydrogens is 600 g/mol. The minimum atomic E-state index is -1.82. The van der Waals surface area contributed by atoms with Crippen LogP contribution in [-0.4, -0.2) is 34.2 Å². The number of unbranched alkanes of at least 4 members (excludes halogenated alkanes) is 27. The summed E-state index contributed by atoms with van der Waals surface area (Å²) in [6.45, 7) is 6.74. The maximum absolute atomic E-state index is 13.8. The fourth-order valence-electron chi connectivity index (χ4n) is 7.05. The lowest BCUT2D eigenvalue weighted by Crippen LogP contribution is -2.38. The number of aliphatic hydroxyl groups is 1. The molecule has 0 bridgehead atoms. The van der Waals surface area contributed by atoms with Crippen LogP contribution in [0.1, 0.15) is 239 Å². The maximum Gasteiger partial charge on any atom is 0.343 e.